The number of aromatic amines is 1. The van der Waals surface area contributed by atoms with E-state index in [2.05, 4.69) is 36.4 Å². The first-order chi connectivity index (χ1) is 35.7. The minimum atomic E-state index is -0.738. The Balaban J connectivity index is 0.711. The van der Waals surface area contributed by atoms with Crippen molar-refractivity contribution in [1.82, 2.24) is 40.6 Å². The summed E-state index contributed by atoms with van der Waals surface area (Å²) in [5.74, 6) is 0.127. The molecule has 0 saturated carbocycles. The van der Waals surface area contributed by atoms with Crippen LogP contribution in [0.5, 0.6) is 5.75 Å². The molecular weight excluding hydrogens is 949 g/mol. The number of anilines is 2. The lowest BCUT2D eigenvalue weighted by Crippen LogP contribution is -2.52. The number of aromatic nitrogens is 4. The van der Waals surface area contributed by atoms with Crippen molar-refractivity contribution in [2.24, 2.45) is 0 Å². The fourth-order valence-electron chi connectivity index (χ4n) is 9.06. The van der Waals surface area contributed by atoms with Crippen molar-refractivity contribution < 1.29 is 47.7 Å². The molecule has 6 amide bonds. The van der Waals surface area contributed by atoms with E-state index in [0.29, 0.717) is 99.4 Å². The fourth-order valence-corrected chi connectivity index (χ4v) is 9.06. The SMILES string of the molecule is CC(C)(C)OC(=O)N1CCC(Nc2cccc(C(=O)NCc3cccc(OCCCCCOCCCOCC(=O)Nc4cccc5c4CN(C4CCC(=O)NC4=O)C5=O)c3)c2)(c2nc(-c3ccncc3)n[nH]2)CC1. The number of amides is 6. The van der Waals surface area contributed by atoms with Crippen molar-refractivity contribution >= 4 is 47.0 Å². The van der Waals surface area contributed by atoms with E-state index in [1.807, 2.05) is 75.4 Å². The van der Waals surface area contributed by atoms with Crippen LogP contribution in [0.2, 0.25) is 0 Å². The van der Waals surface area contributed by atoms with Gasteiger partial charge in [-0.2, -0.15) is 5.10 Å². The van der Waals surface area contributed by atoms with Gasteiger partial charge in [0.2, 0.25) is 17.7 Å². The molecule has 2 fully saturated rings. The number of nitrogens with one attached hydrogen (secondary N) is 5. The molecule has 0 bridgehead atoms. The lowest BCUT2D eigenvalue weighted by Gasteiger charge is -2.41. The Labute approximate surface area is 429 Å². The lowest BCUT2D eigenvalue weighted by atomic mass is 9.86. The molecule has 74 heavy (non-hydrogen) atoms. The van der Waals surface area contributed by atoms with E-state index < -0.39 is 23.1 Å². The normalized spacial score (nSPS) is 16.3. The number of piperidine rings is 2. The van der Waals surface area contributed by atoms with E-state index in [4.69, 9.17) is 23.9 Å². The maximum atomic E-state index is 13.5. The third-order valence-electron chi connectivity index (χ3n) is 12.9. The van der Waals surface area contributed by atoms with E-state index in [0.717, 1.165) is 41.8 Å². The Morgan fingerprint density at radius 3 is 2.41 bits per heavy atom. The van der Waals surface area contributed by atoms with Crippen LogP contribution in [0.1, 0.15) is 110 Å². The predicted molar refractivity (Wildman–Crippen MR) is 273 cm³/mol. The number of nitrogens with zero attached hydrogens (tertiary/aromatic N) is 5. The Morgan fingerprint density at radius 1 is 0.851 bits per heavy atom. The van der Waals surface area contributed by atoms with Crippen molar-refractivity contribution in [1.29, 1.82) is 0 Å². The van der Waals surface area contributed by atoms with Crippen molar-refractivity contribution in [3.05, 3.63) is 119 Å². The largest absolute Gasteiger partial charge is 0.494 e. The average molecular weight is 1010 g/mol. The van der Waals surface area contributed by atoms with Crippen molar-refractivity contribution in [3.8, 4) is 17.1 Å². The molecule has 5 heterocycles. The van der Waals surface area contributed by atoms with Crippen LogP contribution in [-0.2, 0) is 47.2 Å². The third kappa shape index (κ3) is 13.9. The van der Waals surface area contributed by atoms with Gasteiger partial charge in [0.05, 0.1) is 6.61 Å². The highest BCUT2D eigenvalue weighted by molar-refractivity contribution is 6.07. The van der Waals surface area contributed by atoms with Crippen molar-refractivity contribution in [2.45, 2.75) is 102 Å². The highest BCUT2D eigenvalue weighted by atomic mass is 16.6. The molecule has 0 spiro atoms. The fraction of sp³-hybridized carbons (Fsp3) is 0.426. The van der Waals surface area contributed by atoms with Gasteiger partial charge >= 0.3 is 6.09 Å². The van der Waals surface area contributed by atoms with Gasteiger partial charge in [0.1, 0.15) is 29.5 Å². The molecule has 20 heteroatoms. The summed E-state index contributed by atoms with van der Waals surface area (Å²) in [5, 5.41) is 19.5. The number of hydrogen-bond acceptors (Lipinski definition) is 14. The molecule has 1 atom stereocenters. The van der Waals surface area contributed by atoms with Crippen LogP contribution in [0, 0.1) is 0 Å². The first-order valence-electron chi connectivity index (χ1n) is 25.1. The number of fused-ring (bicyclic) bond motifs is 1. The predicted octanol–water partition coefficient (Wildman–Crippen LogP) is 6.51. The molecule has 20 nitrogen and oxygen atoms in total. The zero-order valence-corrected chi connectivity index (χ0v) is 42.1. The maximum absolute atomic E-state index is 13.5. The highest BCUT2D eigenvalue weighted by Gasteiger charge is 2.42. The zero-order chi connectivity index (χ0) is 52.1. The molecule has 3 aliphatic rings. The number of rotatable bonds is 22. The van der Waals surface area contributed by atoms with Crippen LogP contribution in [0.3, 0.4) is 0 Å². The average Bonchev–Trinajstić information content (AvgIpc) is 4.02. The van der Waals surface area contributed by atoms with Crippen LogP contribution in [0.25, 0.3) is 11.4 Å². The number of pyridine rings is 1. The first kappa shape index (κ1) is 52.6. The molecule has 3 aliphatic heterocycles. The monoisotopic (exact) mass is 1010 g/mol. The quantitative estimate of drug-likeness (QED) is 0.0367. The van der Waals surface area contributed by atoms with Crippen molar-refractivity contribution in [3.63, 3.8) is 0 Å². The molecule has 1 unspecified atom stereocenters. The van der Waals surface area contributed by atoms with Crippen LogP contribution in [0.4, 0.5) is 16.2 Å². The van der Waals surface area contributed by atoms with Gasteiger partial charge in [0.25, 0.3) is 11.8 Å². The van der Waals surface area contributed by atoms with Gasteiger partial charge in [-0.05, 0) is 126 Å². The van der Waals surface area contributed by atoms with Crippen LogP contribution in [0.15, 0.2) is 91.3 Å². The number of carbonyl (C=O) groups is 6. The van der Waals surface area contributed by atoms with E-state index in [1.165, 1.54) is 4.90 Å². The van der Waals surface area contributed by atoms with Crippen LogP contribution >= 0.6 is 0 Å². The van der Waals surface area contributed by atoms with Gasteiger partial charge in [-0.3, -0.25) is 39.4 Å². The highest BCUT2D eigenvalue weighted by Crippen LogP contribution is 2.37. The molecule has 5 N–H and O–H groups in total. The van der Waals surface area contributed by atoms with E-state index >= 15 is 0 Å². The molecule has 0 radical (unpaired) electrons. The Bertz CT molecular complexity index is 2790. The summed E-state index contributed by atoms with van der Waals surface area (Å²) in [6.45, 7) is 8.63. The van der Waals surface area contributed by atoms with Gasteiger partial charge in [-0.1, -0.05) is 24.3 Å². The summed E-state index contributed by atoms with van der Waals surface area (Å²) < 4.78 is 23.0. The molecule has 5 aromatic rings. The summed E-state index contributed by atoms with van der Waals surface area (Å²) in [5.41, 5.74) is 3.10. The number of ether oxygens (including phenoxy) is 4. The first-order valence-corrected chi connectivity index (χ1v) is 25.1. The smallest absolute Gasteiger partial charge is 0.410 e. The van der Waals surface area contributed by atoms with Gasteiger partial charge in [-0.15, -0.1) is 0 Å². The standard InChI is InChI=1S/C54H64N10O10/c1-53(2,3)74-52(70)63-25-21-54(22-26-63,51-59-47(61-62-51)37-19-23-55-24-20-37)60-39-13-8-12-38(32-39)48(67)56-33-36-11-7-14-40(31-36)73-30-6-4-5-27-71-28-10-29-72-35-46(66)57-43-16-9-15-41-42(43)34-64(50(41)69)44-17-18-45(65)58-49(44)68/h7-9,11-16,19-20,23-24,31-32,44,60H,4-6,10,17-18,21-22,25-30,33-35H2,1-3H3,(H,56,67)(H,57,66)(H,58,65,68)(H,59,61,62). The van der Waals surface area contributed by atoms with Crippen LogP contribution in [-0.4, -0.2) is 123 Å². The molecular formula is C54H64N10O10. The second-order valence-electron chi connectivity index (χ2n) is 19.5. The second-order valence-corrected chi connectivity index (χ2v) is 19.5. The summed E-state index contributed by atoms with van der Waals surface area (Å²) in [6.07, 6.45) is 7.69. The summed E-state index contributed by atoms with van der Waals surface area (Å²) in [7, 11) is 0. The minimum absolute atomic E-state index is 0.157. The number of unbranched alkanes of at least 4 members (excludes halogenated alkanes) is 2. The van der Waals surface area contributed by atoms with Crippen LogP contribution < -0.4 is 26.0 Å². The third-order valence-corrected chi connectivity index (χ3v) is 12.9. The number of likely N-dealkylation sites (tertiary alicyclic amines) is 1. The summed E-state index contributed by atoms with van der Waals surface area (Å²) in [4.78, 5) is 88.5. The van der Waals surface area contributed by atoms with Gasteiger partial charge in [0.15, 0.2) is 11.6 Å². The number of imide groups is 1. The number of H-pyrrole nitrogens is 1. The number of hydrogen-bond donors (Lipinski definition) is 5. The second kappa shape index (κ2) is 24.3. The van der Waals surface area contributed by atoms with Gasteiger partial charge < -0.3 is 44.7 Å². The van der Waals surface area contributed by atoms with Gasteiger partial charge in [-0.25, -0.2) is 9.78 Å². The molecule has 2 saturated heterocycles. The lowest BCUT2D eigenvalue weighted by molar-refractivity contribution is -0.137. The molecule has 2 aromatic heterocycles. The van der Waals surface area contributed by atoms with Crippen molar-refractivity contribution in [2.75, 3.05) is 56.8 Å². The molecule has 3 aromatic carbocycles. The number of benzene rings is 3. The Kier molecular flexibility index (Phi) is 17.3. The van der Waals surface area contributed by atoms with E-state index in [-0.39, 0.29) is 55.7 Å². The topological polar surface area (TPSA) is 248 Å². The molecule has 390 valence electrons. The Hall–Kier alpha value is -7.71. The zero-order valence-electron chi connectivity index (χ0n) is 42.1. The molecule has 0 aliphatic carbocycles. The maximum Gasteiger partial charge on any atom is 0.410 e. The van der Waals surface area contributed by atoms with Gasteiger partial charge in [0, 0.05) is 98.4 Å². The summed E-state index contributed by atoms with van der Waals surface area (Å²) >= 11 is 0. The van der Waals surface area contributed by atoms with E-state index in [1.54, 1.807) is 41.6 Å². The minimum Gasteiger partial charge on any atom is -0.494 e. The van der Waals surface area contributed by atoms with E-state index in [9.17, 15) is 28.8 Å². The Morgan fingerprint density at radius 2 is 1.61 bits per heavy atom. The summed E-state index contributed by atoms with van der Waals surface area (Å²) in [6, 6.07) is 23.0. The molecule has 8 rings (SSSR count). The number of carbonyl (C=O) groups excluding carboxylic acids is 6.